The molecule has 2 aromatic rings. The van der Waals surface area contributed by atoms with Crippen LogP contribution in [-0.2, 0) is 0 Å². The van der Waals surface area contributed by atoms with Crippen LogP contribution in [0, 0.1) is 11.3 Å². The standard InChI is InChI=1S/C12H9N3O2S/c13-6-9-7-14-12(18-9)15-8-1-2-10-11(5-8)17-4-3-16-10/h1-2,5,7H,3-4H2,(H,14,15). The van der Waals surface area contributed by atoms with E-state index < -0.39 is 0 Å². The highest BCUT2D eigenvalue weighted by molar-refractivity contribution is 7.16. The highest BCUT2D eigenvalue weighted by Gasteiger charge is 2.12. The van der Waals surface area contributed by atoms with Gasteiger partial charge in [-0.25, -0.2) is 4.98 Å². The van der Waals surface area contributed by atoms with Crippen molar-refractivity contribution in [3.63, 3.8) is 0 Å². The zero-order valence-corrected chi connectivity index (χ0v) is 10.2. The summed E-state index contributed by atoms with van der Waals surface area (Å²) in [4.78, 5) is 4.69. The van der Waals surface area contributed by atoms with Gasteiger partial charge in [0.2, 0.25) is 0 Å². The minimum Gasteiger partial charge on any atom is -0.486 e. The molecule has 0 bridgehead atoms. The fourth-order valence-electron chi connectivity index (χ4n) is 1.63. The summed E-state index contributed by atoms with van der Waals surface area (Å²) < 4.78 is 10.9. The first-order valence-electron chi connectivity index (χ1n) is 5.38. The molecule has 6 heteroatoms. The molecule has 1 aliphatic rings. The predicted molar refractivity (Wildman–Crippen MR) is 67.5 cm³/mol. The van der Waals surface area contributed by atoms with Crippen molar-refractivity contribution in [2.75, 3.05) is 18.5 Å². The van der Waals surface area contributed by atoms with Gasteiger partial charge in [-0.05, 0) is 12.1 Å². The molecule has 0 amide bonds. The summed E-state index contributed by atoms with van der Waals surface area (Å²) in [5, 5.41) is 12.5. The Morgan fingerprint density at radius 1 is 1.28 bits per heavy atom. The van der Waals surface area contributed by atoms with Gasteiger partial charge < -0.3 is 14.8 Å². The van der Waals surface area contributed by atoms with Crippen LogP contribution in [0.3, 0.4) is 0 Å². The minimum atomic E-state index is 0.562. The van der Waals surface area contributed by atoms with Crippen molar-refractivity contribution in [1.29, 1.82) is 5.26 Å². The summed E-state index contributed by atoms with van der Waals surface area (Å²) in [5.74, 6) is 1.48. The molecule has 0 radical (unpaired) electrons. The third-order valence-electron chi connectivity index (χ3n) is 2.41. The Morgan fingerprint density at radius 3 is 2.89 bits per heavy atom. The Morgan fingerprint density at radius 2 is 2.11 bits per heavy atom. The molecule has 0 saturated heterocycles. The second-order valence-electron chi connectivity index (χ2n) is 3.62. The van der Waals surface area contributed by atoms with Gasteiger partial charge in [-0.2, -0.15) is 5.26 Å². The number of hydrogen-bond donors (Lipinski definition) is 1. The van der Waals surface area contributed by atoms with E-state index in [1.807, 2.05) is 18.2 Å². The monoisotopic (exact) mass is 259 g/mol. The third-order valence-corrected chi connectivity index (χ3v) is 3.23. The average Bonchev–Trinajstić information content (AvgIpc) is 2.86. The van der Waals surface area contributed by atoms with Gasteiger partial charge in [-0.15, -0.1) is 0 Å². The molecular formula is C12H9N3O2S. The highest BCUT2D eigenvalue weighted by atomic mass is 32.1. The lowest BCUT2D eigenvalue weighted by Crippen LogP contribution is -2.15. The van der Waals surface area contributed by atoms with Gasteiger partial charge in [0.15, 0.2) is 16.6 Å². The maximum atomic E-state index is 8.73. The van der Waals surface area contributed by atoms with Crippen LogP contribution in [0.1, 0.15) is 4.88 Å². The van der Waals surface area contributed by atoms with E-state index in [4.69, 9.17) is 14.7 Å². The molecule has 90 valence electrons. The lowest BCUT2D eigenvalue weighted by atomic mass is 10.2. The van der Waals surface area contributed by atoms with Gasteiger partial charge in [0.25, 0.3) is 0 Å². The maximum Gasteiger partial charge on any atom is 0.188 e. The van der Waals surface area contributed by atoms with Gasteiger partial charge in [-0.3, -0.25) is 0 Å². The van der Waals surface area contributed by atoms with Gasteiger partial charge in [-0.1, -0.05) is 11.3 Å². The van der Waals surface area contributed by atoms with E-state index in [-0.39, 0.29) is 0 Å². The molecule has 0 spiro atoms. The summed E-state index contributed by atoms with van der Waals surface area (Å²) in [6, 6.07) is 7.66. The Bertz CT molecular complexity index is 618. The van der Waals surface area contributed by atoms with Gasteiger partial charge in [0, 0.05) is 11.8 Å². The van der Waals surface area contributed by atoms with E-state index in [0.717, 1.165) is 17.2 Å². The number of nitriles is 1. The molecule has 1 aromatic heterocycles. The zero-order valence-electron chi connectivity index (χ0n) is 9.34. The summed E-state index contributed by atoms with van der Waals surface area (Å²) in [6.45, 7) is 1.14. The molecule has 0 atom stereocenters. The van der Waals surface area contributed by atoms with Crippen molar-refractivity contribution in [2.24, 2.45) is 0 Å². The Labute approximate surface area is 108 Å². The van der Waals surface area contributed by atoms with E-state index in [0.29, 0.717) is 23.2 Å². The smallest absolute Gasteiger partial charge is 0.188 e. The first-order valence-corrected chi connectivity index (χ1v) is 6.19. The highest BCUT2D eigenvalue weighted by Crippen LogP contribution is 2.34. The van der Waals surface area contributed by atoms with Crippen LogP contribution < -0.4 is 14.8 Å². The number of nitrogens with zero attached hydrogens (tertiary/aromatic N) is 2. The van der Waals surface area contributed by atoms with Crippen LogP contribution in [0.2, 0.25) is 0 Å². The summed E-state index contributed by atoms with van der Waals surface area (Å²) >= 11 is 1.31. The summed E-state index contributed by atoms with van der Waals surface area (Å²) in [5.41, 5.74) is 0.859. The first-order chi connectivity index (χ1) is 8.85. The van der Waals surface area contributed by atoms with Crippen molar-refractivity contribution >= 4 is 22.2 Å². The van der Waals surface area contributed by atoms with Gasteiger partial charge in [0.05, 0.1) is 6.20 Å². The fraction of sp³-hybridized carbons (Fsp3) is 0.167. The van der Waals surface area contributed by atoms with Crippen LogP contribution in [0.15, 0.2) is 24.4 Å². The largest absolute Gasteiger partial charge is 0.486 e. The summed E-state index contributed by atoms with van der Waals surface area (Å²) in [6.07, 6.45) is 1.55. The van der Waals surface area contributed by atoms with Crippen molar-refractivity contribution < 1.29 is 9.47 Å². The van der Waals surface area contributed by atoms with E-state index in [2.05, 4.69) is 16.4 Å². The lowest BCUT2D eigenvalue weighted by molar-refractivity contribution is 0.171. The molecular weight excluding hydrogens is 250 g/mol. The fourth-order valence-corrected chi connectivity index (χ4v) is 2.26. The third kappa shape index (κ3) is 2.08. The normalized spacial score (nSPS) is 12.8. The molecule has 1 aliphatic heterocycles. The lowest BCUT2D eigenvalue weighted by Gasteiger charge is -2.18. The minimum absolute atomic E-state index is 0.562. The zero-order chi connectivity index (χ0) is 12.4. The second kappa shape index (κ2) is 4.55. The molecule has 1 aromatic carbocycles. The van der Waals surface area contributed by atoms with Crippen LogP contribution in [0.4, 0.5) is 10.8 Å². The topological polar surface area (TPSA) is 67.2 Å². The molecule has 18 heavy (non-hydrogen) atoms. The molecule has 2 heterocycles. The van der Waals surface area contributed by atoms with Crippen molar-refractivity contribution in [1.82, 2.24) is 4.98 Å². The number of nitrogens with one attached hydrogen (secondary N) is 1. The first kappa shape index (κ1) is 10.9. The number of hydrogen-bond acceptors (Lipinski definition) is 6. The molecule has 0 saturated carbocycles. The Hall–Kier alpha value is -2.26. The quantitative estimate of drug-likeness (QED) is 0.897. The van der Waals surface area contributed by atoms with Crippen LogP contribution >= 0.6 is 11.3 Å². The SMILES string of the molecule is N#Cc1cnc(Nc2ccc3c(c2)OCCO3)s1. The Kier molecular flexibility index (Phi) is 2.74. The van der Waals surface area contributed by atoms with Gasteiger partial charge in [0.1, 0.15) is 24.2 Å². The predicted octanol–water partition coefficient (Wildman–Crippen LogP) is 2.53. The van der Waals surface area contributed by atoms with Crippen molar-refractivity contribution in [2.45, 2.75) is 0 Å². The van der Waals surface area contributed by atoms with Crippen molar-refractivity contribution in [3.8, 4) is 17.6 Å². The molecule has 0 fully saturated rings. The number of aromatic nitrogens is 1. The van der Waals surface area contributed by atoms with E-state index in [9.17, 15) is 0 Å². The molecule has 3 rings (SSSR count). The maximum absolute atomic E-state index is 8.73. The number of benzene rings is 1. The number of rotatable bonds is 2. The summed E-state index contributed by atoms with van der Waals surface area (Å²) in [7, 11) is 0. The number of thiazole rings is 1. The number of fused-ring (bicyclic) bond motifs is 1. The number of ether oxygens (including phenoxy) is 2. The van der Waals surface area contributed by atoms with E-state index in [1.165, 1.54) is 11.3 Å². The van der Waals surface area contributed by atoms with Gasteiger partial charge >= 0.3 is 0 Å². The molecule has 0 unspecified atom stereocenters. The van der Waals surface area contributed by atoms with Crippen LogP contribution in [-0.4, -0.2) is 18.2 Å². The second-order valence-corrected chi connectivity index (χ2v) is 4.66. The van der Waals surface area contributed by atoms with E-state index >= 15 is 0 Å². The van der Waals surface area contributed by atoms with Crippen molar-refractivity contribution in [3.05, 3.63) is 29.3 Å². The molecule has 0 aliphatic carbocycles. The van der Waals surface area contributed by atoms with E-state index in [1.54, 1.807) is 6.20 Å². The Balaban J connectivity index is 1.82. The molecule has 1 N–H and O–H groups in total. The van der Waals surface area contributed by atoms with Crippen LogP contribution in [0.25, 0.3) is 0 Å². The van der Waals surface area contributed by atoms with Crippen LogP contribution in [0.5, 0.6) is 11.5 Å². The number of anilines is 2. The average molecular weight is 259 g/mol. The molecule has 5 nitrogen and oxygen atoms in total.